The maximum atomic E-state index is 12.8. The van der Waals surface area contributed by atoms with Gasteiger partial charge in [0.15, 0.2) is 0 Å². The third-order valence-electron chi connectivity index (χ3n) is 5.34. The van der Waals surface area contributed by atoms with Crippen molar-refractivity contribution in [3.8, 4) is 0 Å². The first-order chi connectivity index (χ1) is 14.5. The van der Waals surface area contributed by atoms with Gasteiger partial charge in [-0.15, -0.1) is 0 Å². The molecule has 8 nitrogen and oxygen atoms in total. The smallest absolute Gasteiger partial charge is 0.271 e. The highest BCUT2D eigenvalue weighted by atomic mass is 16.6. The number of nitrogens with one attached hydrogen (secondary N) is 1. The van der Waals surface area contributed by atoms with Crippen LogP contribution in [0.25, 0.3) is 16.6 Å². The van der Waals surface area contributed by atoms with Crippen LogP contribution in [0.15, 0.2) is 54.6 Å². The summed E-state index contributed by atoms with van der Waals surface area (Å²) in [5, 5.41) is 11.0. The molecule has 1 saturated heterocycles. The molecule has 0 aliphatic carbocycles. The molecule has 8 heteroatoms. The van der Waals surface area contributed by atoms with E-state index in [1.165, 1.54) is 12.1 Å². The fourth-order valence-corrected chi connectivity index (χ4v) is 3.66. The second-order valence-electron chi connectivity index (χ2n) is 7.38. The fourth-order valence-electron chi connectivity index (χ4n) is 3.66. The van der Waals surface area contributed by atoms with E-state index >= 15 is 0 Å². The van der Waals surface area contributed by atoms with Gasteiger partial charge < -0.3 is 14.8 Å². The van der Waals surface area contributed by atoms with E-state index in [0.717, 1.165) is 24.1 Å². The Morgan fingerprint density at radius 2 is 1.93 bits per heavy atom. The second-order valence-corrected chi connectivity index (χ2v) is 7.38. The van der Waals surface area contributed by atoms with Crippen LogP contribution in [0, 0.1) is 10.1 Å². The number of benzene rings is 2. The Labute approximate surface area is 174 Å². The molecular weight excluding hydrogens is 382 g/mol. The second kappa shape index (κ2) is 8.36. The number of rotatable bonds is 4. The van der Waals surface area contributed by atoms with E-state index in [4.69, 9.17) is 0 Å². The summed E-state index contributed by atoms with van der Waals surface area (Å²) in [6.45, 7) is 4.62. The summed E-state index contributed by atoms with van der Waals surface area (Å²) < 4.78 is 0. The van der Waals surface area contributed by atoms with Crippen molar-refractivity contribution in [3.63, 3.8) is 0 Å². The van der Waals surface area contributed by atoms with Gasteiger partial charge in [0.1, 0.15) is 0 Å². The first kappa shape index (κ1) is 19.6. The van der Waals surface area contributed by atoms with E-state index in [9.17, 15) is 14.9 Å². The third kappa shape index (κ3) is 4.17. The van der Waals surface area contributed by atoms with Crippen molar-refractivity contribution in [1.29, 1.82) is 0 Å². The number of nitro benzene ring substituents is 1. The molecule has 2 aromatic carbocycles. The van der Waals surface area contributed by atoms with Gasteiger partial charge in [0.25, 0.3) is 5.69 Å². The normalized spacial score (nSPS) is 15.3. The molecule has 0 atom stereocenters. The summed E-state index contributed by atoms with van der Waals surface area (Å²) in [5.41, 5.74) is 3.34. The van der Waals surface area contributed by atoms with Crippen molar-refractivity contribution in [1.82, 2.24) is 14.9 Å². The van der Waals surface area contributed by atoms with Crippen molar-refractivity contribution in [2.45, 2.75) is 13.3 Å². The van der Waals surface area contributed by atoms with Crippen LogP contribution in [-0.2, 0) is 4.79 Å². The Bertz CT molecular complexity index is 1110. The van der Waals surface area contributed by atoms with Gasteiger partial charge in [-0.3, -0.25) is 14.9 Å². The van der Waals surface area contributed by atoms with Gasteiger partial charge in [-0.1, -0.05) is 30.3 Å². The van der Waals surface area contributed by atoms with Crippen molar-refractivity contribution in [2.24, 2.45) is 0 Å². The number of amides is 1. The SMILES string of the molecule is CC(=CC(=O)N1CCCN(c2nc3ccc([N+](=O)[O-])cc3[nH]2)CC1)c1ccccc1. The number of nitro groups is 1. The Kier molecular flexibility index (Phi) is 5.47. The number of aromatic amines is 1. The number of carbonyl (C=O) groups is 1. The predicted molar refractivity (Wildman–Crippen MR) is 116 cm³/mol. The molecule has 0 unspecified atom stereocenters. The van der Waals surface area contributed by atoms with Crippen LogP contribution in [-0.4, -0.2) is 51.9 Å². The maximum Gasteiger partial charge on any atom is 0.271 e. The third-order valence-corrected chi connectivity index (χ3v) is 5.34. The van der Waals surface area contributed by atoms with E-state index in [2.05, 4.69) is 14.9 Å². The lowest BCUT2D eigenvalue weighted by atomic mass is 10.1. The van der Waals surface area contributed by atoms with Gasteiger partial charge in [0.2, 0.25) is 11.9 Å². The van der Waals surface area contributed by atoms with E-state index in [-0.39, 0.29) is 11.6 Å². The van der Waals surface area contributed by atoms with Gasteiger partial charge >= 0.3 is 0 Å². The van der Waals surface area contributed by atoms with Gasteiger partial charge in [-0.2, -0.15) is 0 Å². The molecule has 4 rings (SSSR count). The van der Waals surface area contributed by atoms with Crippen LogP contribution in [0.3, 0.4) is 0 Å². The molecule has 1 aromatic heterocycles. The highest BCUT2D eigenvalue weighted by molar-refractivity contribution is 5.95. The summed E-state index contributed by atoms with van der Waals surface area (Å²) in [6.07, 6.45) is 2.52. The number of imidazole rings is 1. The molecule has 0 saturated carbocycles. The molecule has 3 aromatic rings. The highest BCUT2D eigenvalue weighted by Gasteiger charge is 2.20. The van der Waals surface area contributed by atoms with Crippen molar-refractivity contribution >= 4 is 34.1 Å². The number of H-pyrrole nitrogens is 1. The average molecular weight is 405 g/mol. The topological polar surface area (TPSA) is 95.4 Å². The zero-order chi connectivity index (χ0) is 21.1. The Hall–Kier alpha value is -3.68. The molecule has 0 bridgehead atoms. The van der Waals surface area contributed by atoms with Crippen molar-refractivity contribution < 1.29 is 9.72 Å². The molecule has 1 aliphatic heterocycles. The van der Waals surface area contributed by atoms with Gasteiger partial charge in [-0.25, -0.2) is 4.98 Å². The van der Waals surface area contributed by atoms with Crippen LogP contribution in [0.4, 0.5) is 11.6 Å². The lowest BCUT2D eigenvalue weighted by Gasteiger charge is -2.21. The number of allylic oxidation sites excluding steroid dienone is 1. The zero-order valence-corrected chi connectivity index (χ0v) is 16.7. The minimum atomic E-state index is -0.416. The molecule has 154 valence electrons. The summed E-state index contributed by atoms with van der Waals surface area (Å²) in [4.78, 5) is 35.0. The number of hydrogen-bond donors (Lipinski definition) is 1. The van der Waals surface area contributed by atoms with Crippen LogP contribution in [0.2, 0.25) is 0 Å². The van der Waals surface area contributed by atoms with E-state index in [1.807, 2.05) is 42.2 Å². The lowest BCUT2D eigenvalue weighted by molar-refractivity contribution is -0.384. The first-order valence-electron chi connectivity index (χ1n) is 9.93. The number of anilines is 1. The minimum Gasteiger partial charge on any atom is -0.341 e. The molecule has 1 fully saturated rings. The number of carbonyl (C=O) groups excluding carboxylic acids is 1. The van der Waals surface area contributed by atoms with Gasteiger partial charge in [0, 0.05) is 44.4 Å². The fraction of sp³-hybridized carbons (Fsp3) is 0.273. The molecule has 1 amide bonds. The van der Waals surface area contributed by atoms with Crippen molar-refractivity contribution in [3.05, 3.63) is 70.3 Å². The molecular formula is C22H23N5O3. The minimum absolute atomic E-state index is 0.0124. The van der Waals surface area contributed by atoms with E-state index < -0.39 is 4.92 Å². The molecule has 1 N–H and O–H groups in total. The zero-order valence-electron chi connectivity index (χ0n) is 16.7. The quantitative estimate of drug-likeness (QED) is 0.406. The standard InChI is InChI=1S/C22H23N5O3/c1-16(17-6-3-2-4-7-17)14-21(28)25-10-5-11-26(13-12-25)22-23-19-9-8-18(27(29)30)15-20(19)24-22/h2-4,6-9,14-15H,5,10-13H2,1H3,(H,23,24). The van der Waals surface area contributed by atoms with Crippen LogP contribution in [0.1, 0.15) is 18.9 Å². The van der Waals surface area contributed by atoms with Crippen LogP contribution >= 0.6 is 0 Å². The molecule has 30 heavy (non-hydrogen) atoms. The number of nitrogens with zero attached hydrogens (tertiary/aromatic N) is 4. The summed E-state index contributed by atoms with van der Waals surface area (Å²) in [6, 6.07) is 14.5. The van der Waals surface area contributed by atoms with Crippen molar-refractivity contribution in [2.75, 3.05) is 31.1 Å². The maximum absolute atomic E-state index is 12.8. The Balaban J connectivity index is 1.45. The molecule has 0 radical (unpaired) electrons. The number of fused-ring (bicyclic) bond motifs is 1. The Morgan fingerprint density at radius 1 is 1.13 bits per heavy atom. The largest absolute Gasteiger partial charge is 0.341 e. The predicted octanol–water partition coefficient (Wildman–Crippen LogP) is 3.61. The number of aromatic nitrogens is 2. The number of hydrogen-bond acceptors (Lipinski definition) is 5. The summed E-state index contributed by atoms with van der Waals surface area (Å²) >= 11 is 0. The number of non-ortho nitro benzene ring substituents is 1. The van der Waals surface area contributed by atoms with E-state index in [0.29, 0.717) is 36.6 Å². The van der Waals surface area contributed by atoms with Gasteiger partial charge in [-0.05, 0) is 30.5 Å². The molecule has 0 spiro atoms. The van der Waals surface area contributed by atoms with E-state index in [1.54, 1.807) is 12.1 Å². The average Bonchev–Trinajstić information content (AvgIpc) is 3.02. The Morgan fingerprint density at radius 3 is 2.70 bits per heavy atom. The van der Waals surface area contributed by atoms with Crippen LogP contribution < -0.4 is 4.90 Å². The van der Waals surface area contributed by atoms with Gasteiger partial charge in [0.05, 0.1) is 16.0 Å². The summed E-state index contributed by atoms with van der Waals surface area (Å²) in [7, 11) is 0. The summed E-state index contributed by atoms with van der Waals surface area (Å²) in [5.74, 6) is 0.689. The first-order valence-corrected chi connectivity index (χ1v) is 9.93. The molecule has 2 heterocycles. The highest BCUT2D eigenvalue weighted by Crippen LogP contribution is 2.23. The van der Waals surface area contributed by atoms with Crippen LogP contribution in [0.5, 0.6) is 0 Å². The lowest BCUT2D eigenvalue weighted by Crippen LogP contribution is -2.34. The molecule has 1 aliphatic rings. The monoisotopic (exact) mass is 405 g/mol.